The Labute approximate surface area is 198 Å². The van der Waals surface area contributed by atoms with Gasteiger partial charge in [-0.15, -0.1) is 11.8 Å². The lowest BCUT2D eigenvalue weighted by molar-refractivity contribution is -0.116. The highest BCUT2D eigenvalue weighted by Crippen LogP contribution is 2.37. The first-order chi connectivity index (χ1) is 16.2. The molecular formula is C24H30N4O4S. The van der Waals surface area contributed by atoms with Crippen molar-refractivity contribution in [1.82, 2.24) is 15.2 Å². The molecule has 1 fully saturated rings. The van der Waals surface area contributed by atoms with Crippen LogP contribution in [-0.4, -0.2) is 74.1 Å². The van der Waals surface area contributed by atoms with Gasteiger partial charge in [0.1, 0.15) is 19.0 Å². The zero-order chi connectivity index (χ0) is 22.6. The lowest BCUT2D eigenvalue weighted by atomic mass is 10.0. The maximum atomic E-state index is 12.6. The molecule has 0 atom stereocenters. The number of hydrogen-bond acceptors (Lipinski definition) is 8. The summed E-state index contributed by atoms with van der Waals surface area (Å²) in [6.07, 6.45) is 3.92. The summed E-state index contributed by atoms with van der Waals surface area (Å²) in [5.41, 5.74) is 1.94. The molecule has 1 aromatic heterocycles. The van der Waals surface area contributed by atoms with Gasteiger partial charge in [-0.1, -0.05) is 0 Å². The van der Waals surface area contributed by atoms with Crippen molar-refractivity contribution in [2.24, 2.45) is 0 Å². The lowest BCUT2D eigenvalue weighted by Gasteiger charge is -2.35. The number of fused-ring (bicyclic) bond motifs is 2. The number of amides is 1. The third-order valence-corrected chi connectivity index (χ3v) is 7.44. The molecule has 0 aliphatic carbocycles. The fraction of sp³-hybridized carbons (Fsp3) is 0.500. The van der Waals surface area contributed by atoms with Gasteiger partial charge in [0, 0.05) is 42.7 Å². The smallest absolute Gasteiger partial charge is 0.237 e. The number of carbonyl (C=O) groups excluding carboxylic acids is 1. The number of pyridine rings is 1. The molecule has 0 saturated carbocycles. The van der Waals surface area contributed by atoms with Crippen LogP contribution in [0.5, 0.6) is 17.2 Å². The van der Waals surface area contributed by atoms with Crippen LogP contribution < -0.4 is 24.4 Å². The van der Waals surface area contributed by atoms with Crippen molar-refractivity contribution in [3.05, 3.63) is 36.2 Å². The standard InChI is InChI=1S/C24H30N4O4S/c1-30-19-2-3-23-20(13-19)28(24(29)16-33-23)9-8-27-6-4-17(5-7-27)25-14-18-12-21-22(15-26-18)32-11-10-31-21/h2-3,12-13,15,17,25H,4-11,14,16H2,1H3. The third-order valence-electron chi connectivity index (χ3n) is 6.40. The van der Waals surface area contributed by atoms with Gasteiger partial charge < -0.3 is 29.3 Å². The third kappa shape index (κ3) is 5.20. The maximum Gasteiger partial charge on any atom is 0.237 e. The fourth-order valence-electron chi connectivity index (χ4n) is 4.49. The second-order valence-corrected chi connectivity index (χ2v) is 9.50. The van der Waals surface area contributed by atoms with Crippen molar-refractivity contribution in [2.75, 3.05) is 57.2 Å². The number of carbonyl (C=O) groups is 1. The van der Waals surface area contributed by atoms with Gasteiger partial charge in [0.25, 0.3) is 0 Å². The summed E-state index contributed by atoms with van der Waals surface area (Å²) in [6, 6.07) is 8.41. The zero-order valence-corrected chi connectivity index (χ0v) is 19.7. The predicted octanol–water partition coefficient (Wildman–Crippen LogP) is 2.55. The fourth-order valence-corrected chi connectivity index (χ4v) is 5.41. The van der Waals surface area contributed by atoms with Gasteiger partial charge in [-0.2, -0.15) is 0 Å². The largest absolute Gasteiger partial charge is 0.497 e. The Kier molecular flexibility index (Phi) is 6.89. The van der Waals surface area contributed by atoms with E-state index in [-0.39, 0.29) is 5.91 Å². The van der Waals surface area contributed by atoms with Gasteiger partial charge in [0.05, 0.1) is 30.4 Å². The minimum atomic E-state index is 0.171. The topological polar surface area (TPSA) is 76.2 Å². The molecule has 2 aromatic rings. The number of benzene rings is 1. The summed E-state index contributed by atoms with van der Waals surface area (Å²) in [4.78, 5) is 22.6. The molecule has 33 heavy (non-hydrogen) atoms. The Morgan fingerprint density at radius 1 is 1.15 bits per heavy atom. The quantitative estimate of drug-likeness (QED) is 0.662. The molecule has 1 amide bonds. The van der Waals surface area contributed by atoms with Crippen LogP contribution in [0.3, 0.4) is 0 Å². The Hall–Kier alpha value is -2.49. The monoisotopic (exact) mass is 470 g/mol. The van der Waals surface area contributed by atoms with Gasteiger partial charge in [-0.25, -0.2) is 0 Å². The molecule has 0 spiro atoms. The number of aromatic nitrogens is 1. The number of piperidine rings is 1. The Morgan fingerprint density at radius 2 is 1.97 bits per heavy atom. The Morgan fingerprint density at radius 3 is 2.79 bits per heavy atom. The molecule has 8 nitrogen and oxygen atoms in total. The minimum Gasteiger partial charge on any atom is -0.497 e. The molecule has 1 aromatic carbocycles. The van der Waals surface area contributed by atoms with E-state index in [9.17, 15) is 4.79 Å². The van der Waals surface area contributed by atoms with Gasteiger partial charge in [-0.3, -0.25) is 9.78 Å². The van der Waals surface area contributed by atoms with Crippen LogP contribution in [-0.2, 0) is 11.3 Å². The van der Waals surface area contributed by atoms with Crippen molar-refractivity contribution in [2.45, 2.75) is 30.3 Å². The molecule has 9 heteroatoms. The highest BCUT2D eigenvalue weighted by atomic mass is 32.2. The molecule has 0 unspecified atom stereocenters. The minimum absolute atomic E-state index is 0.171. The van der Waals surface area contributed by atoms with Gasteiger partial charge in [0.2, 0.25) is 5.91 Å². The van der Waals surface area contributed by atoms with E-state index in [4.69, 9.17) is 14.2 Å². The summed E-state index contributed by atoms with van der Waals surface area (Å²) < 4.78 is 16.6. The number of rotatable bonds is 7. The number of anilines is 1. The lowest BCUT2D eigenvalue weighted by Crippen LogP contribution is -2.46. The number of likely N-dealkylation sites (tertiary alicyclic amines) is 1. The Balaban J connectivity index is 1.09. The predicted molar refractivity (Wildman–Crippen MR) is 128 cm³/mol. The van der Waals surface area contributed by atoms with Crippen molar-refractivity contribution in [1.29, 1.82) is 0 Å². The number of thioether (sulfide) groups is 1. The Bertz CT molecular complexity index is 996. The van der Waals surface area contributed by atoms with Crippen LogP contribution in [0, 0.1) is 0 Å². The van der Waals surface area contributed by atoms with E-state index in [2.05, 4.69) is 15.2 Å². The van der Waals surface area contributed by atoms with Crippen LogP contribution in [0.15, 0.2) is 35.4 Å². The van der Waals surface area contributed by atoms with Crippen LogP contribution >= 0.6 is 11.8 Å². The van der Waals surface area contributed by atoms with Gasteiger partial charge >= 0.3 is 0 Å². The number of ether oxygens (including phenoxy) is 3. The normalized spacial score (nSPS) is 18.8. The van der Waals surface area contributed by atoms with Gasteiger partial charge in [0.15, 0.2) is 11.5 Å². The van der Waals surface area contributed by atoms with E-state index in [0.717, 1.165) is 72.5 Å². The SMILES string of the molecule is COc1ccc2c(c1)N(CCN1CCC(NCc3cc4c(cn3)OCCO4)CC1)C(=O)CS2. The molecule has 176 valence electrons. The number of methoxy groups -OCH3 is 1. The number of nitrogens with one attached hydrogen (secondary N) is 1. The molecular weight excluding hydrogens is 440 g/mol. The second-order valence-electron chi connectivity index (χ2n) is 8.48. The van der Waals surface area contributed by atoms with Crippen molar-refractivity contribution in [3.63, 3.8) is 0 Å². The van der Waals surface area contributed by atoms with E-state index in [0.29, 0.717) is 31.6 Å². The van der Waals surface area contributed by atoms with Crippen molar-refractivity contribution >= 4 is 23.4 Å². The number of nitrogens with zero attached hydrogens (tertiary/aromatic N) is 3. The van der Waals surface area contributed by atoms with E-state index >= 15 is 0 Å². The second kappa shape index (κ2) is 10.2. The number of hydrogen-bond donors (Lipinski definition) is 1. The molecule has 3 aliphatic rings. The molecule has 0 radical (unpaired) electrons. The van der Waals surface area contributed by atoms with Crippen LogP contribution in [0.1, 0.15) is 18.5 Å². The van der Waals surface area contributed by atoms with E-state index in [1.165, 1.54) is 0 Å². The average Bonchev–Trinajstić information content (AvgIpc) is 2.87. The summed E-state index contributed by atoms with van der Waals surface area (Å²) in [7, 11) is 1.66. The zero-order valence-electron chi connectivity index (χ0n) is 18.9. The molecule has 5 rings (SSSR count). The summed E-state index contributed by atoms with van der Waals surface area (Å²) in [5.74, 6) is 2.97. The summed E-state index contributed by atoms with van der Waals surface area (Å²) in [5, 5.41) is 3.64. The first kappa shape index (κ1) is 22.3. The average molecular weight is 471 g/mol. The first-order valence-corrected chi connectivity index (χ1v) is 12.5. The first-order valence-electron chi connectivity index (χ1n) is 11.5. The van der Waals surface area contributed by atoms with Crippen LogP contribution in [0.2, 0.25) is 0 Å². The van der Waals surface area contributed by atoms with E-state index in [1.807, 2.05) is 29.2 Å². The molecule has 0 bridgehead atoms. The molecule has 1 N–H and O–H groups in total. The van der Waals surface area contributed by atoms with E-state index < -0.39 is 0 Å². The van der Waals surface area contributed by atoms with E-state index in [1.54, 1.807) is 25.1 Å². The highest BCUT2D eigenvalue weighted by molar-refractivity contribution is 8.00. The molecule has 3 aliphatic heterocycles. The van der Waals surface area contributed by atoms with Gasteiger partial charge in [-0.05, 0) is 38.1 Å². The maximum absolute atomic E-state index is 12.6. The van der Waals surface area contributed by atoms with Crippen LogP contribution in [0.25, 0.3) is 0 Å². The highest BCUT2D eigenvalue weighted by Gasteiger charge is 2.27. The summed E-state index contributed by atoms with van der Waals surface area (Å²) in [6.45, 7) is 5.52. The van der Waals surface area contributed by atoms with Crippen LogP contribution in [0.4, 0.5) is 5.69 Å². The molecule has 4 heterocycles. The molecule has 1 saturated heterocycles. The summed E-state index contributed by atoms with van der Waals surface area (Å²) >= 11 is 1.60. The van der Waals surface area contributed by atoms with Crippen molar-refractivity contribution in [3.8, 4) is 17.2 Å². The van der Waals surface area contributed by atoms with Crippen molar-refractivity contribution < 1.29 is 19.0 Å².